The van der Waals surface area contributed by atoms with Gasteiger partial charge in [-0.05, 0) is 6.92 Å². The highest BCUT2D eigenvalue weighted by atomic mass is 17.3. The van der Waals surface area contributed by atoms with Gasteiger partial charge in [0.1, 0.15) is 16.9 Å². The molecule has 0 amide bonds. The first-order chi connectivity index (χ1) is 10.2. The number of methoxy groups -OCH3 is 2. The Balaban J connectivity index is 2.19. The molecule has 0 bridgehead atoms. The Morgan fingerprint density at radius 1 is 1.14 bits per heavy atom. The molecule has 2 aliphatic rings. The summed E-state index contributed by atoms with van der Waals surface area (Å²) in [5.41, 5.74) is 0.684. The largest absolute Gasteiger partial charge is 0.495 e. The highest BCUT2D eigenvalue weighted by Crippen LogP contribution is 2.56. The van der Waals surface area contributed by atoms with Gasteiger partial charge in [0.2, 0.25) is 5.75 Å². The number of hydrogen-bond donors (Lipinski definition) is 0. The van der Waals surface area contributed by atoms with Crippen LogP contribution < -0.4 is 19.6 Å². The monoisotopic (exact) mass is 292 g/mol. The Hall–Kier alpha value is -2.25. The molecule has 1 aromatic carbocycles. The van der Waals surface area contributed by atoms with Crippen LogP contribution in [0.1, 0.15) is 17.4 Å². The summed E-state index contributed by atoms with van der Waals surface area (Å²) < 4.78 is 22.1. The van der Waals surface area contributed by atoms with Crippen LogP contribution in [0.4, 0.5) is 0 Å². The summed E-state index contributed by atoms with van der Waals surface area (Å²) in [6.07, 6.45) is -0.996. The topological polar surface area (TPSA) is 76.4 Å². The Morgan fingerprint density at radius 2 is 1.90 bits per heavy atom. The van der Waals surface area contributed by atoms with E-state index < -0.39 is 12.4 Å². The zero-order valence-corrected chi connectivity index (χ0v) is 11.6. The van der Waals surface area contributed by atoms with Gasteiger partial charge in [0.05, 0.1) is 19.8 Å². The van der Waals surface area contributed by atoms with E-state index in [1.165, 1.54) is 20.3 Å². The van der Waals surface area contributed by atoms with E-state index in [-0.39, 0.29) is 5.43 Å². The standard InChI is InChI=1S/C14H12O7/c1-5-4-6(15)7-9(16-2)8-11(13(17-3)10(7)18-5)19-14-12(8)20-21-14/h4,12,14H,1-3H3. The lowest BCUT2D eigenvalue weighted by molar-refractivity contribution is -0.501. The van der Waals surface area contributed by atoms with Crippen LogP contribution in [0.2, 0.25) is 0 Å². The van der Waals surface area contributed by atoms with Gasteiger partial charge >= 0.3 is 0 Å². The molecule has 2 atom stereocenters. The predicted octanol–water partition coefficient (Wildman–Crippen LogP) is 1.84. The number of rotatable bonds is 2. The van der Waals surface area contributed by atoms with E-state index >= 15 is 0 Å². The average Bonchev–Trinajstić information content (AvgIpc) is 2.67. The maximum atomic E-state index is 12.3. The first-order valence-corrected chi connectivity index (χ1v) is 6.36. The molecule has 0 N–H and O–H groups in total. The molecule has 110 valence electrons. The number of fused-ring (bicyclic) bond motifs is 4. The molecule has 7 heteroatoms. The molecule has 0 radical (unpaired) electrons. The SMILES string of the molecule is COc1c2c(c(OC)c3c(=O)cc(C)oc13)C1OOC1O2. The van der Waals surface area contributed by atoms with Crippen molar-refractivity contribution < 1.29 is 28.4 Å². The Labute approximate surface area is 118 Å². The highest BCUT2D eigenvalue weighted by Gasteiger charge is 2.51. The molecule has 1 saturated heterocycles. The summed E-state index contributed by atoms with van der Waals surface area (Å²) in [7, 11) is 2.96. The molecule has 21 heavy (non-hydrogen) atoms. The van der Waals surface area contributed by atoms with E-state index in [2.05, 4.69) is 0 Å². The van der Waals surface area contributed by atoms with Crippen LogP contribution in [0.5, 0.6) is 17.2 Å². The van der Waals surface area contributed by atoms with Gasteiger partial charge in [-0.1, -0.05) is 0 Å². The fourth-order valence-electron chi connectivity index (χ4n) is 2.76. The summed E-state index contributed by atoms with van der Waals surface area (Å²) in [6.45, 7) is 1.69. The minimum absolute atomic E-state index is 0.213. The maximum Gasteiger partial charge on any atom is 0.264 e. The average molecular weight is 292 g/mol. The van der Waals surface area contributed by atoms with Gasteiger partial charge in [0.15, 0.2) is 22.9 Å². The lowest BCUT2D eigenvalue weighted by atomic mass is 10.0. The number of hydrogen-bond acceptors (Lipinski definition) is 7. The van der Waals surface area contributed by atoms with Crippen LogP contribution >= 0.6 is 0 Å². The summed E-state index contributed by atoms with van der Waals surface area (Å²) in [6, 6.07) is 1.40. The van der Waals surface area contributed by atoms with Crippen LogP contribution in [0.3, 0.4) is 0 Å². The molecule has 1 aromatic heterocycles. The third-order valence-corrected chi connectivity index (χ3v) is 3.63. The normalized spacial score (nSPS) is 22.2. The van der Waals surface area contributed by atoms with E-state index in [0.29, 0.717) is 39.5 Å². The molecular formula is C14H12O7. The molecular weight excluding hydrogens is 280 g/mol. The van der Waals surface area contributed by atoms with Gasteiger partial charge in [-0.2, -0.15) is 4.89 Å². The minimum Gasteiger partial charge on any atom is -0.495 e. The van der Waals surface area contributed by atoms with Crippen LogP contribution in [-0.4, -0.2) is 20.5 Å². The Bertz CT molecular complexity index is 807. The van der Waals surface area contributed by atoms with E-state index in [1.54, 1.807) is 6.92 Å². The third-order valence-electron chi connectivity index (χ3n) is 3.63. The zero-order chi connectivity index (χ0) is 14.7. The second-order valence-electron chi connectivity index (χ2n) is 4.83. The van der Waals surface area contributed by atoms with Crippen molar-refractivity contribution in [1.82, 2.24) is 0 Å². The van der Waals surface area contributed by atoms with E-state index in [4.69, 9.17) is 28.4 Å². The molecule has 0 spiro atoms. The molecule has 2 aromatic rings. The van der Waals surface area contributed by atoms with Gasteiger partial charge in [-0.25, -0.2) is 4.89 Å². The molecule has 1 fully saturated rings. The zero-order valence-electron chi connectivity index (χ0n) is 11.6. The molecule has 0 aliphatic carbocycles. The summed E-state index contributed by atoms with van der Waals surface area (Å²) in [5, 5.41) is 0.304. The van der Waals surface area contributed by atoms with Crippen molar-refractivity contribution in [2.75, 3.05) is 14.2 Å². The highest BCUT2D eigenvalue weighted by molar-refractivity contribution is 5.93. The van der Waals surface area contributed by atoms with Crippen LogP contribution in [0.15, 0.2) is 15.3 Å². The van der Waals surface area contributed by atoms with Crippen LogP contribution in [0.25, 0.3) is 11.0 Å². The Kier molecular flexibility index (Phi) is 2.45. The lowest BCUT2D eigenvalue weighted by Gasteiger charge is -2.27. The van der Waals surface area contributed by atoms with Gasteiger partial charge < -0.3 is 18.6 Å². The van der Waals surface area contributed by atoms with Crippen molar-refractivity contribution >= 4 is 11.0 Å². The quantitative estimate of drug-likeness (QED) is 0.781. The third kappa shape index (κ3) is 1.47. The second-order valence-corrected chi connectivity index (χ2v) is 4.83. The first kappa shape index (κ1) is 12.5. The number of aryl methyl sites for hydroxylation is 1. The molecule has 3 heterocycles. The van der Waals surface area contributed by atoms with Crippen molar-refractivity contribution in [1.29, 1.82) is 0 Å². The molecule has 7 nitrogen and oxygen atoms in total. The molecule has 0 saturated carbocycles. The van der Waals surface area contributed by atoms with E-state index in [0.717, 1.165) is 0 Å². The smallest absolute Gasteiger partial charge is 0.264 e. The number of benzene rings is 1. The lowest BCUT2D eigenvalue weighted by Crippen LogP contribution is -2.35. The van der Waals surface area contributed by atoms with Crippen molar-refractivity contribution in [3.05, 3.63) is 27.6 Å². The predicted molar refractivity (Wildman–Crippen MR) is 69.7 cm³/mol. The first-order valence-electron chi connectivity index (χ1n) is 6.36. The summed E-state index contributed by atoms with van der Waals surface area (Å²) in [5.74, 6) is 1.60. The fraction of sp³-hybridized carbons (Fsp3) is 0.357. The maximum absolute atomic E-state index is 12.3. The molecule has 2 aliphatic heterocycles. The molecule has 4 rings (SSSR count). The van der Waals surface area contributed by atoms with Crippen molar-refractivity contribution in [2.24, 2.45) is 0 Å². The van der Waals surface area contributed by atoms with Crippen molar-refractivity contribution in [3.8, 4) is 17.2 Å². The van der Waals surface area contributed by atoms with Crippen molar-refractivity contribution in [2.45, 2.75) is 19.3 Å². The second kappa shape index (κ2) is 4.12. The van der Waals surface area contributed by atoms with Crippen LogP contribution in [0, 0.1) is 6.92 Å². The Morgan fingerprint density at radius 3 is 2.52 bits per heavy atom. The van der Waals surface area contributed by atoms with Crippen molar-refractivity contribution in [3.63, 3.8) is 0 Å². The van der Waals surface area contributed by atoms with E-state index in [1.807, 2.05) is 0 Å². The minimum atomic E-state index is -0.559. The fourth-order valence-corrected chi connectivity index (χ4v) is 2.76. The van der Waals surface area contributed by atoms with Gasteiger partial charge in [0, 0.05) is 6.07 Å². The van der Waals surface area contributed by atoms with Gasteiger partial charge in [-0.15, -0.1) is 0 Å². The summed E-state index contributed by atoms with van der Waals surface area (Å²) >= 11 is 0. The molecule has 2 unspecified atom stereocenters. The number of ether oxygens (including phenoxy) is 3. The van der Waals surface area contributed by atoms with E-state index in [9.17, 15) is 4.79 Å². The van der Waals surface area contributed by atoms with Crippen LogP contribution in [-0.2, 0) is 9.78 Å². The van der Waals surface area contributed by atoms with Gasteiger partial charge in [0.25, 0.3) is 6.29 Å². The van der Waals surface area contributed by atoms with Gasteiger partial charge in [-0.3, -0.25) is 4.79 Å². The summed E-state index contributed by atoms with van der Waals surface area (Å²) in [4.78, 5) is 22.3.